The van der Waals surface area contributed by atoms with E-state index in [2.05, 4.69) is 10.3 Å². The maximum absolute atomic E-state index is 11.3. The highest BCUT2D eigenvalue weighted by Crippen LogP contribution is 2.28. The van der Waals surface area contributed by atoms with Crippen LogP contribution in [0.2, 0.25) is 0 Å². The standard InChI is InChI=1S/C9H10N2O3/c1-2-13-9(12)7-3-6-8(4-10-7)14-5-11-6/h3-4,11H,2,5H2,1H3. The fourth-order valence-electron chi connectivity index (χ4n) is 1.20. The molecule has 1 aliphatic heterocycles. The van der Waals surface area contributed by atoms with Gasteiger partial charge in [-0.25, -0.2) is 9.78 Å². The van der Waals surface area contributed by atoms with Gasteiger partial charge in [0.15, 0.2) is 18.2 Å². The Morgan fingerprint density at radius 3 is 3.43 bits per heavy atom. The van der Waals surface area contributed by atoms with Gasteiger partial charge in [0.1, 0.15) is 0 Å². The molecule has 14 heavy (non-hydrogen) atoms. The minimum absolute atomic E-state index is 0.295. The van der Waals surface area contributed by atoms with Crippen LogP contribution in [0.3, 0.4) is 0 Å². The Balaban J connectivity index is 2.24. The van der Waals surface area contributed by atoms with Crippen LogP contribution in [0.15, 0.2) is 12.3 Å². The Morgan fingerprint density at radius 1 is 1.79 bits per heavy atom. The minimum Gasteiger partial charge on any atom is -0.470 e. The number of aromatic nitrogens is 1. The third-order valence-corrected chi connectivity index (χ3v) is 1.84. The summed E-state index contributed by atoms with van der Waals surface area (Å²) >= 11 is 0. The zero-order valence-corrected chi connectivity index (χ0v) is 7.74. The first-order chi connectivity index (χ1) is 6.81. The second-order valence-corrected chi connectivity index (χ2v) is 2.75. The van der Waals surface area contributed by atoms with E-state index >= 15 is 0 Å². The summed E-state index contributed by atoms with van der Waals surface area (Å²) in [5, 5.41) is 2.97. The predicted molar refractivity (Wildman–Crippen MR) is 49.3 cm³/mol. The number of anilines is 1. The van der Waals surface area contributed by atoms with Gasteiger partial charge >= 0.3 is 5.97 Å². The molecule has 0 saturated heterocycles. The number of nitrogens with zero attached hydrogens (tertiary/aromatic N) is 1. The Bertz CT molecular complexity index is 365. The number of carbonyl (C=O) groups excluding carboxylic acids is 1. The van der Waals surface area contributed by atoms with Gasteiger partial charge in [0.25, 0.3) is 0 Å². The quantitative estimate of drug-likeness (QED) is 0.712. The van der Waals surface area contributed by atoms with Gasteiger partial charge in [-0.15, -0.1) is 0 Å². The van der Waals surface area contributed by atoms with Crippen LogP contribution < -0.4 is 10.1 Å². The number of hydrogen-bond donors (Lipinski definition) is 1. The van der Waals surface area contributed by atoms with Crippen molar-refractivity contribution in [2.45, 2.75) is 6.92 Å². The highest BCUT2D eigenvalue weighted by molar-refractivity contribution is 5.89. The lowest BCUT2D eigenvalue weighted by Gasteiger charge is -2.01. The van der Waals surface area contributed by atoms with Gasteiger partial charge in [-0.05, 0) is 13.0 Å². The number of pyridine rings is 1. The van der Waals surface area contributed by atoms with Crippen molar-refractivity contribution in [2.75, 3.05) is 18.7 Å². The van der Waals surface area contributed by atoms with Crippen molar-refractivity contribution in [1.29, 1.82) is 0 Å². The highest BCUT2D eigenvalue weighted by atomic mass is 16.5. The van der Waals surface area contributed by atoms with E-state index in [1.165, 1.54) is 6.20 Å². The number of rotatable bonds is 2. The van der Waals surface area contributed by atoms with Crippen LogP contribution in [-0.4, -0.2) is 24.3 Å². The summed E-state index contributed by atoms with van der Waals surface area (Å²) in [6.45, 7) is 2.53. The fraction of sp³-hybridized carbons (Fsp3) is 0.333. The molecule has 2 rings (SSSR count). The molecule has 0 amide bonds. The van der Waals surface area contributed by atoms with Gasteiger partial charge in [-0.2, -0.15) is 0 Å². The van der Waals surface area contributed by atoms with Crippen LogP contribution in [0.5, 0.6) is 5.75 Å². The van der Waals surface area contributed by atoms with E-state index < -0.39 is 5.97 Å². The van der Waals surface area contributed by atoms with E-state index in [1.807, 2.05) is 0 Å². The lowest BCUT2D eigenvalue weighted by Crippen LogP contribution is -2.06. The molecule has 1 aliphatic rings. The summed E-state index contributed by atoms with van der Waals surface area (Å²) in [5.41, 5.74) is 1.08. The molecule has 0 unspecified atom stereocenters. The van der Waals surface area contributed by atoms with Gasteiger partial charge in [-0.1, -0.05) is 0 Å². The molecule has 74 valence electrons. The second kappa shape index (κ2) is 3.53. The molecular formula is C9H10N2O3. The van der Waals surface area contributed by atoms with Crippen molar-refractivity contribution >= 4 is 11.7 Å². The SMILES string of the molecule is CCOC(=O)c1cc2c(cn1)OCN2. The number of nitrogens with one attached hydrogen (secondary N) is 1. The summed E-state index contributed by atoms with van der Waals surface area (Å²) in [5.74, 6) is 0.252. The summed E-state index contributed by atoms with van der Waals surface area (Å²) in [6.07, 6.45) is 1.52. The molecule has 0 radical (unpaired) electrons. The Morgan fingerprint density at radius 2 is 2.64 bits per heavy atom. The number of ether oxygens (including phenoxy) is 2. The van der Waals surface area contributed by atoms with Crippen LogP contribution in [0, 0.1) is 0 Å². The molecule has 0 aliphatic carbocycles. The van der Waals surface area contributed by atoms with E-state index in [0.29, 0.717) is 24.8 Å². The van der Waals surface area contributed by atoms with Gasteiger partial charge < -0.3 is 14.8 Å². The minimum atomic E-state index is -0.413. The lowest BCUT2D eigenvalue weighted by molar-refractivity contribution is 0.0519. The monoisotopic (exact) mass is 194 g/mol. The normalized spacial score (nSPS) is 12.6. The first-order valence-corrected chi connectivity index (χ1v) is 4.35. The Hall–Kier alpha value is -1.78. The van der Waals surface area contributed by atoms with E-state index in [1.54, 1.807) is 13.0 Å². The number of carbonyl (C=O) groups is 1. The van der Waals surface area contributed by atoms with Crippen LogP contribution in [-0.2, 0) is 4.74 Å². The first-order valence-electron chi connectivity index (χ1n) is 4.35. The topological polar surface area (TPSA) is 60.5 Å². The maximum Gasteiger partial charge on any atom is 0.356 e. The molecule has 5 heteroatoms. The largest absolute Gasteiger partial charge is 0.470 e. The molecule has 0 bridgehead atoms. The number of hydrogen-bond acceptors (Lipinski definition) is 5. The lowest BCUT2D eigenvalue weighted by atomic mass is 10.3. The van der Waals surface area contributed by atoms with Gasteiger partial charge in [0.05, 0.1) is 18.5 Å². The van der Waals surface area contributed by atoms with Gasteiger partial charge in [0, 0.05) is 0 Å². The first kappa shape index (κ1) is 8.80. The van der Waals surface area contributed by atoms with Crippen molar-refractivity contribution in [3.63, 3.8) is 0 Å². The predicted octanol–water partition coefficient (Wildman–Crippen LogP) is 1.02. The van der Waals surface area contributed by atoms with E-state index in [0.717, 1.165) is 5.69 Å². The molecular weight excluding hydrogens is 184 g/mol. The summed E-state index contributed by atoms with van der Waals surface area (Å²) in [7, 11) is 0. The van der Waals surface area contributed by atoms with Crippen LogP contribution >= 0.6 is 0 Å². The molecule has 1 aromatic rings. The molecule has 0 saturated carbocycles. The fourth-order valence-corrected chi connectivity index (χ4v) is 1.20. The second-order valence-electron chi connectivity index (χ2n) is 2.75. The van der Waals surface area contributed by atoms with Crippen LogP contribution in [0.25, 0.3) is 0 Å². The molecule has 1 aromatic heterocycles. The van der Waals surface area contributed by atoms with Crippen molar-refractivity contribution in [3.8, 4) is 5.75 Å². The molecule has 2 heterocycles. The summed E-state index contributed by atoms with van der Waals surface area (Å²) in [4.78, 5) is 15.2. The third kappa shape index (κ3) is 1.48. The van der Waals surface area contributed by atoms with E-state index in [4.69, 9.17) is 9.47 Å². The summed E-state index contributed by atoms with van der Waals surface area (Å²) in [6, 6.07) is 1.63. The van der Waals surface area contributed by atoms with Gasteiger partial charge in [-0.3, -0.25) is 0 Å². The maximum atomic E-state index is 11.3. The Kier molecular flexibility index (Phi) is 2.22. The van der Waals surface area contributed by atoms with Crippen molar-refractivity contribution in [2.24, 2.45) is 0 Å². The van der Waals surface area contributed by atoms with Crippen molar-refractivity contribution in [1.82, 2.24) is 4.98 Å². The highest BCUT2D eigenvalue weighted by Gasteiger charge is 2.16. The molecule has 5 nitrogen and oxygen atoms in total. The average Bonchev–Trinajstić information content (AvgIpc) is 2.64. The summed E-state index contributed by atoms with van der Waals surface area (Å²) < 4.78 is 9.99. The van der Waals surface area contributed by atoms with E-state index in [-0.39, 0.29) is 0 Å². The number of esters is 1. The van der Waals surface area contributed by atoms with Crippen LogP contribution in [0.1, 0.15) is 17.4 Å². The van der Waals surface area contributed by atoms with Gasteiger partial charge in [0.2, 0.25) is 0 Å². The third-order valence-electron chi connectivity index (χ3n) is 1.84. The average molecular weight is 194 g/mol. The van der Waals surface area contributed by atoms with Crippen molar-refractivity contribution in [3.05, 3.63) is 18.0 Å². The van der Waals surface area contributed by atoms with Crippen molar-refractivity contribution < 1.29 is 14.3 Å². The zero-order chi connectivity index (χ0) is 9.97. The molecule has 0 aromatic carbocycles. The molecule has 0 fully saturated rings. The number of fused-ring (bicyclic) bond motifs is 1. The van der Waals surface area contributed by atoms with Crippen LogP contribution in [0.4, 0.5) is 5.69 Å². The van der Waals surface area contributed by atoms with E-state index in [9.17, 15) is 4.79 Å². The Labute approximate surface area is 81.0 Å². The molecule has 0 atom stereocenters. The smallest absolute Gasteiger partial charge is 0.356 e. The zero-order valence-electron chi connectivity index (χ0n) is 7.74. The molecule has 1 N–H and O–H groups in total. The molecule has 0 spiro atoms.